The van der Waals surface area contributed by atoms with E-state index in [1.807, 2.05) is 52.1 Å². The Morgan fingerprint density at radius 3 is 2.34 bits per heavy atom. The first-order valence-electron chi connectivity index (χ1n) is 10.9. The van der Waals surface area contributed by atoms with E-state index in [9.17, 15) is 9.59 Å². The highest BCUT2D eigenvalue weighted by atomic mass is 79.9. The Kier molecular flexibility index (Phi) is 8.53. The van der Waals surface area contributed by atoms with Crippen LogP contribution in [-0.4, -0.2) is 35.4 Å². The maximum absolute atomic E-state index is 11.8. The van der Waals surface area contributed by atoms with Crippen LogP contribution in [0, 0.1) is 0 Å². The van der Waals surface area contributed by atoms with E-state index >= 15 is 0 Å². The molecule has 2 amide bonds. The van der Waals surface area contributed by atoms with Crippen molar-refractivity contribution in [3.05, 3.63) is 33.9 Å². The molecule has 2 aromatic rings. The number of halogens is 1. The number of carbonyl (C=O) groups is 2. The summed E-state index contributed by atoms with van der Waals surface area (Å²) in [6, 6.07) is 5.85. The molecule has 0 radical (unpaired) electrons. The first-order valence-corrected chi connectivity index (χ1v) is 12.5. The topological polar surface area (TPSA) is 89.5 Å². The quantitative estimate of drug-likeness (QED) is 0.440. The van der Waals surface area contributed by atoms with Crippen LogP contribution in [-0.2, 0) is 9.47 Å². The maximum Gasteiger partial charge on any atom is 0.411 e. The number of amides is 2. The van der Waals surface area contributed by atoms with Crippen molar-refractivity contribution < 1.29 is 19.1 Å². The molecule has 7 nitrogen and oxygen atoms in total. The molecule has 0 aliphatic heterocycles. The van der Waals surface area contributed by atoms with Gasteiger partial charge in [0.2, 0.25) is 0 Å². The number of carbonyl (C=O) groups excluding carboxylic acids is 2. The summed E-state index contributed by atoms with van der Waals surface area (Å²) >= 11 is 5.31. The summed E-state index contributed by atoms with van der Waals surface area (Å²) in [7, 11) is 0. The zero-order chi connectivity index (χ0) is 23.3. The van der Waals surface area contributed by atoms with E-state index < -0.39 is 6.09 Å². The SMILES string of the molecule is CC(C)OC(=O)Nc1ccc(-c2cnc([C@H]3CC[C@H](NC(=O)OC(C)C)CC3)s2)c(Br)c1. The second-order valence-electron chi connectivity index (χ2n) is 8.48. The number of ether oxygens (including phenoxy) is 2. The number of nitrogens with one attached hydrogen (secondary N) is 2. The van der Waals surface area contributed by atoms with Crippen LogP contribution >= 0.6 is 27.3 Å². The fourth-order valence-corrected chi connectivity index (χ4v) is 5.50. The normalized spacial score (nSPS) is 18.5. The molecule has 2 N–H and O–H groups in total. The van der Waals surface area contributed by atoms with Gasteiger partial charge in [0.15, 0.2) is 0 Å². The van der Waals surface area contributed by atoms with E-state index in [2.05, 4.69) is 31.5 Å². The Balaban J connectivity index is 1.58. The highest BCUT2D eigenvalue weighted by Gasteiger charge is 2.26. The number of hydrogen-bond donors (Lipinski definition) is 2. The Hall–Kier alpha value is -2.13. The van der Waals surface area contributed by atoms with Crippen molar-refractivity contribution in [2.45, 2.75) is 77.5 Å². The van der Waals surface area contributed by atoms with Crippen LogP contribution in [0.5, 0.6) is 0 Å². The van der Waals surface area contributed by atoms with E-state index in [0.717, 1.165) is 45.6 Å². The second-order valence-corrected chi connectivity index (χ2v) is 10.4. The highest BCUT2D eigenvalue weighted by Crippen LogP contribution is 2.40. The lowest BCUT2D eigenvalue weighted by molar-refractivity contribution is 0.109. The number of thiazole rings is 1. The Labute approximate surface area is 201 Å². The molecule has 1 aliphatic rings. The van der Waals surface area contributed by atoms with Gasteiger partial charge in [-0.1, -0.05) is 22.0 Å². The standard InChI is InChI=1S/C23H30BrN3O4S/c1-13(2)30-22(28)26-16-7-5-15(6-8-16)21-25-12-20(32-21)18-10-9-17(11-19(18)24)27-23(29)31-14(3)4/h9-16H,5-8H2,1-4H3,(H,26,28)(H,27,29)/t15-,16-. The van der Waals surface area contributed by atoms with Crippen molar-refractivity contribution in [1.82, 2.24) is 10.3 Å². The molecular weight excluding hydrogens is 494 g/mol. The molecule has 1 saturated carbocycles. The van der Waals surface area contributed by atoms with Gasteiger partial charge in [-0.05, 0) is 65.5 Å². The molecule has 9 heteroatoms. The van der Waals surface area contributed by atoms with Crippen molar-refractivity contribution in [3.8, 4) is 10.4 Å². The van der Waals surface area contributed by atoms with Crippen LogP contribution in [0.25, 0.3) is 10.4 Å². The molecule has 1 heterocycles. The molecule has 1 aliphatic carbocycles. The van der Waals surface area contributed by atoms with E-state index in [4.69, 9.17) is 9.47 Å². The minimum absolute atomic E-state index is 0.113. The Morgan fingerprint density at radius 2 is 1.72 bits per heavy atom. The molecular formula is C23H30BrN3O4S. The lowest BCUT2D eigenvalue weighted by Gasteiger charge is -2.28. The summed E-state index contributed by atoms with van der Waals surface area (Å²) in [6.45, 7) is 7.31. The second kappa shape index (κ2) is 11.1. The number of anilines is 1. The molecule has 0 unspecified atom stereocenters. The molecule has 1 fully saturated rings. The van der Waals surface area contributed by atoms with Gasteiger partial charge in [-0.15, -0.1) is 11.3 Å². The lowest BCUT2D eigenvalue weighted by atomic mass is 9.86. The third-order valence-corrected chi connectivity index (χ3v) is 6.94. The van der Waals surface area contributed by atoms with Gasteiger partial charge < -0.3 is 14.8 Å². The molecule has 32 heavy (non-hydrogen) atoms. The summed E-state index contributed by atoms with van der Waals surface area (Å²) in [5, 5.41) is 6.82. The molecule has 0 bridgehead atoms. The highest BCUT2D eigenvalue weighted by molar-refractivity contribution is 9.10. The van der Waals surface area contributed by atoms with Crippen molar-refractivity contribution in [2.75, 3.05) is 5.32 Å². The van der Waals surface area contributed by atoms with Crippen molar-refractivity contribution >= 4 is 45.1 Å². The van der Waals surface area contributed by atoms with E-state index in [-0.39, 0.29) is 24.3 Å². The summed E-state index contributed by atoms with van der Waals surface area (Å²) in [5.74, 6) is 0.401. The third kappa shape index (κ3) is 6.93. The predicted molar refractivity (Wildman–Crippen MR) is 130 cm³/mol. The summed E-state index contributed by atoms with van der Waals surface area (Å²) in [4.78, 5) is 29.4. The van der Waals surface area contributed by atoms with Crippen LogP contribution in [0.1, 0.15) is 64.3 Å². The predicted octanol–water partition coefficient (Wildman–Crippen LogP) is 6.69. The van der Waals surface area contributed by atoms with E-state index in [1.54, 1.807) is 11.3 Å². The lowest BCUT2D eigenvalue weighted by Crippen LogP contribution is -2.38. The van der Waals surface area contributed by atoms with Gasteiger partial charge in [0.1, 0.15) is 0 Å². The molecule has 0 spiro atoms. The average molecular weight is 524 g/mol. The van der Waals surface area contributed by atoms with Crippen LogP contribution in [0.15, 0.2) is 28.9 Å². The summed E-state index contributed by atoms with van der Waals surface area (Å²) in [5.41, 5.74) is 1.70. The van der Waals surface area contributed by atoms with Gasteiger partial charge in [0.05, 0.1) is 22.1 Å². The van der Waals surface area contributed by atoms with Gasteiger partial charge in [0, 0.05) is 33.9 Å². The minimum Gasteiger partial charge on any atom is -0.447 e. The monoisotopic (exact) mass is 523 g/mol. The zero-order valence-electron chi connectivity index (χ0n) is 18.8. The van der Waals surface area contributed by atoms with E-state index in [0.29, 0.717) is 11.6 Å². The zero-order valence-corrected chi connectivity index (χ0v) is 21.2. The number of hydrogen-bond acceptors (Lipinski definition) is 6. The maximum atomic E-state index is 11.8. The molecule has 174 valence electrons. The number of aromatic nitrogens is 1. The molecule has 1 aromatic heterocycles. The van der Waals surface area contributed by atoms with Crippen molar-refractivity contribution in [2.24, 2.45) is 0 Å². The molecule has 0 atom stereocenters. The van der Waals surface area contributed by atoms with Gasteiger partial charge in [-0.3, -0.25) is 5.32 Å². The minimum atomic E-state index is -0.470. The van der Waals surface area contributed by atoms with Crippen molar-refractivity contribution in [3.63, 3.8) is 0 Å². The summed E-state index contributed by atoms with van der Waals surface area (Å²) in [6.07, 6.45) is 4.63. The number of alkyl carbamates (subject to hydrolysis) is 1. The number of nitrogens with zero attached hydrogens (tertiary/aromatic N) is 1. The van der Waals surface area contributed by atoms with Crippen LogP contribution in [0.3, 0.4) is 0 Å². The van der Waals surface area contributed by atoms with Gasteiger partial charge in [0.25, 0.3) is 0 Å². The first-order chi connectivity index (χ1) is 15.2. The van der Waals surface area contributed by atoms with Gasteiger partial charge in [-0.2, -0.15) is 0 Å². The van der Waals surface area contributed by atoms with Crippen LogP contribution in [0.2, 0.25) is 0 Å². The number of benzene rings is 1. The number of rotatable bonds is 6. The smallest absolute Gasteiger partial charge is 0.411 e. The summed E-state index contributed by atoms with van der Waals surface area (Å²) < 4.78 is 11.2. The van der Waals surface area contributed by atoms with Crippen LogP contribution in [0.4, 0.5) is 15.3 Å². The van der Waals surface area contributed by atoms with E-state index in [1.165, 1.54) is 0 Å². The Morgan fingerprint density at radius 1 is 1.06 bits per heavy atom. The Bertz CT molecular complexity index is 939. The average Bonchev–Trinajstić information content (AvgIpc) is 3.17. The first kappa shape index (κ1) is 24.5. The fraction of sp³-hybridized carbons (Fsp3) is 0.522. The van der Waals surface area contributed by atoms with Crippen LogP contribution < -0.4 is 10.6 Å². The third-order valence-electron chi connectivity index (χ3n) is 5.09. The largest absolute Gasteiger partial charge is 0.447 e. The van der Waals surface area contributed by atoms with Crippen molar-refractivity contribution in [1.29, 1.82) is 0 Å². The fourth-order valence-electron chi connectivity index (χ4n) is 3.65. The molecule has 0 saturated heterocycles. The van der Waals surface area contributed by atoms with Gasteiger partial charge >= 0.3 is 12.2 Å². The molecule has 3 rings (SSSR count). The molecule has 1 aromatic carbocycles. The van der Waals surface area contributed by atoms with Gasteiger partial charge in [-0.25, -0.2) is 14.6 Å².